The van der Waals surface area contributed by atoms with Crippen molar-refractivity contribution in [2.75, 3.05) is 20.2 Å². The predicted molar refractivity (Wildman–Crippen MR) is 88.7 cm³/mol. The van der Waals surface area contributed by atoms with Crippen molar-refractivity contribution in [3.05, 3.63) is 29.8 Å². The first-order valence-corrected chi connectivity index (χ1v) is 8.31. The third kappa shape index (κ3) is 3.33. The summed E-state index contributed by atoms with van der Waals surface area (Å²) in [7, 11) is 1.64. The van der Waals surface area contributed by atoms with E-state index in [9.17, 15) is 4.79 Å². The minimum absolute atomic E-state index is 0.0617. The van der Waals surface area contributed by atoms with E-state index < -0.39 is 5.60 Å². The molecule has 23 heavy (non-hydrogen) atoms. The van der Waals surface area contributed by atoms with Crippen LogP contribution in [-0.4, -0.2) is 42.3 Å². The molecule has 124 valence electrons. The number of benzene rings is 1. The number of rotatable bonds is 3. The highest BCUT2D eigenvalue weighted by Crippen LogP contribution is 2.30. The molecule has 5 nitrogen and oxygen atoms in total. The summed E-state index contributed by atoms with van der Waals surface area (Å²) in [6.45, 7) is 3.51. The highest BCUT2D eigenvalue weighted by atomic mass is 16.7. The van der Waals surface area contributed by atoms with Gasteiger partial charge in [-0.1, -0.05) is 18.0 Å². The maximum Gasteiger partial charge on any atom is 0.269 e. The van der Waals surface area contributed by atoms with Gasteiger partial charge in [-0.15, -0.1) is 0 Å². The Balaban J connectivity index is 1.69. The normalized spacial score (nSPS) is 24.6. The second-order valence-electron chi connectivity index (χ2n) is 6.47. The fourth-order valence-corrected chi connectivity index (χ4v) is 3.20. The van der Waals surface area contributed by atoms with Gasteiger partial charge in [-0.05, 0) is 49.6 Å². The molecule has 2 heterocycles. The number of oxime groups is 1. The number of ether oxygens (including phenoxy) is 1. The van der Waals surface area contributed by atoms with E-state index in [0.717, 1.165) is 43.0 Å². The summed E-state index contributed by atoms with van der Waals surface area (Å²) in [5.74, 6) is 0.864. The predicted octanol–water partition coefficient (Wildman–Crippen LogP) is 2.98. The molecule has 1 amide bonds. The Kier molecular flexibility index (Phi) is 4.55. The molecule has 0 aromatic heterocycles. The molecule has 1 aromatic carbocycles. The third-order valence-electron chi connectivity index (χ3n) is 4.63. The first-order chi connectivity index (χ1) is 11.1. The zero-order valence-corrected chi connectivity index (χ0v) is 13.9. The average Bonchev–Trinajstić information content (AvgIpc) is 2.81. The van der Waals surface area contributed by atoms with Gasteiger partial charge >= 0.3 is 0 Å². The maximum absolute atomic E-state index is 12.9. The van der Waals surface area contributed by atoms with Gasteiger partial charge in [0.2, 0.25) is 5.60 Å². The Labute approximate surface area is 137 Å². The van der Waals surface area contributed by atoms with Gasteiger partial charge < -0.3 is 14.5 Å². The molecule has 2 aliphatic rings. The molecular formula is C18H24N2O3. The van der Waals surface area contributed by atoms with Crippen LogP contribution in [0.3, 0.4) is 0 Å². The van der Waals surface area contributed by atoms with Crippen molar-refractivity contribution in [3.8, 4) is 5.75 Å². The first kappa shape index (κ1) is 15.8. The summed E-state index contributed by atoms with van der Waals surface area (Å²) in [4.78, 5) is 20.4. The van der Waals surface area contributed by atoms with Gasteiger partial charge in [0.15, 0.2) is 0 Å². The van der Waals surface area contributed by atoms with Crippen LogP contribution < -0.4 is 4.74 Å². The first-order valence-electron chi connectivity index (χ1n) is 8.31. The number of hydrogen-bond donors (Lipinski definition) is 0. The Morgan fingerprint density at radius 2 is 1.83 bits per heavy atom. The Morgan fingerprint density at radius 3 is 2.43 bits per heavy atom. The number of carbonyl (C=O) groups is 1. The molecule has 0 saturated carbocycles. The minimum Gasteiger partial charge on any atom is -0.497 e. The lowest BCUT2D eigenvalue weighted by atomic mass is 9.94. The van der Waals surface area contributed by atoms with E-state index in [2.05, 4.69) is 5.16 Å². The largest absolute Gasteiger partial charge is 0.497 e. The van der Waals surface area contributed by atoms with Crippen molar-refractivity contribution in [2.24, 2.45) is 5.16 Å². The van der Waals surface area contributed by atoms with Gasteiger partial charge in [0, 0.05) is 19.5 Å². The van der Waals surface area contributed by atoms with Crippen molar-refractivity contribution >= 4 is 11.6 Å². The number of carbonyl (C=O) groups excluding carboxylic acids is 1. The van der Waals surface area contributed by atoms with Crippen molar-refractivity contribution in [1.29, 1.82) is 0 Å². The lowest BCUT2D eigenvalue weighted by Crippen LogP contribution is -2.47. The molecule has 1 atom stereocenters. The molecule has 2 aliphatic heterocycles. The molecule has 0 aliphatic carbocycles. The molecule has 1 saturated heterocycles. The second-order valence-corrected chi connectivity index (χ2v) is 6.47. The summed E-state index contributed by atoms with van der Waals surface area (Å²) >= 11 is 0. The van der Waals surface area contributed by atoms with Crippen LogP contribution in [0.2, 0.25) is 0 Å². The second kappa shape index (κ2) is 6.60. The molecule has 1 aromatic rings. The van der Waals surface area contributed by atoms with E-state index in [0.29, 0.717) is 6.42 Å². The average molecular weight is 316 g/mol. The zero-order chi connectivity index (χ0) is 16.3. The van der Waals surface area contributed by atoms with Crippen molar-refractivity contribution in [2.45, 2.75) is 44.6 Å². The number of nitrogens with zero attached hydrogens (tertiary/aromatic N) is 2. The van der Waals surface area contributed by atoms with Gasteiger partial charge in [-0.2, -0.15) is 0 Å². The van der Waals surface area contributed by atoms with Crippen LogP contribution in [0.5, 0.6) is 5.75 Å². The van der Waals surface area contributed by atoms with Crippen LogP contribution in [0, 0.1) is 0 Å². The van der Waals surface area contributed by atoms with E-state index >= 15 is 0 Å². The van der Waals surface area contributed by atoms with E-state index in [1.54, 1.807) is 7.11 Å². The molecule has 0 N–H and O–H groups in total. The SMILES string of the molecule is COc1ccc(C2=NO[C@](C)(C(=O)N3CCCCCC3)C2)cc1. The van der Waals surface area contributed by atoms with Gasteiger partial charge in [0.05, 0.1) is 12.8 Å². The lowest BCUT2D eigenvalue weighted by molar-refractivity contribution is -0.153. The van der Waals surface area contributed by atoms with E-state index in [4.69, 9.17) is 9.57 Å². The van der Waals surface area contributed by atoms with E-state index in [-0.39, 0.29) is 5.91 Å². The number of likely N-dealkylation sites (tertiary alicyclic amines) is 1. The number of methoxy groups -OCH3 is 1. The molecule has 0 spiro atoms. The molecule has 0 radical (unpaired) electrons. The molecule has 0 unspecified atom stereocenters. The summed E-state index contributed by atoms with van der Waals surface area (Å²) in [5.41, 5.74) is 0.913. The molecular weight excluding hydrogens is 292 g/mol. The quantitative estimate of drug-likeness (QED) is 0.861. The Morgan fingerprint density at radius 1 is 1.17 bits per heavy atom. The molecule has 0 bridgehead atoms. The Hall–Kier alpha value is -2.04. The monoisotopic (exact) mass is 316 g/mol. The van der Waals surface area contributed by atoms with E-state index in [1.807, 2.05) is 36.1 Å². The summed E-state index contributed by atoms with van der Waals surface area (Å²) in [6, 6.07) is 7.68. The third-order valence-corrected chi connectivity index (χ3v) is 4.63. The van der Waals surface area contributed by atoms with Gasteiger partial charge in [0.1, 0.15) is 5.75 Å². The van der Waals surface area contributed by atoms with Crippen LogP contribution in [0.15, 0.2) is 29.4 Å². The summed E-state index contributed by atoms with van der Waals surface area (Å²) in [6.07, 6.45) is 5.07. The van der Waals surface area contributed by atoms with Crippen molar-refractivity contribution in [3.63, 3.8) is 0 Å². The van der Waals surface area contributed by atoms with Crippen LogP contribution in [-0.2, 0) is 9.63 Å². The minimum atomic E-state index is -0.875. The summed E-state index contributed by atoms with van der Waals surface area (Å²) in [5, 5.41) is 4.18. The fourth-order valence-electron chi connectivity index (χ4n) is 3.20. The van der Waals surface area contributed by atoms with Crippen LogP contribution >= 0.6 is 0 Å². The van der Waals surface area contributed by atoms with Crippen molar-refractivity contribution < 1.29 is 14.4 Å². The number of amides is 1. The number of hydrogen-bond acceptors (Lipinski definition) is 4. The van der Waals surface area contributed by atoms with Crippen LogP contribution in [0.25, 0.3) is 0 Å². The topological polar surface area (TPSA) is 51.1 Å². The van der Waals surface area contributed by atoms with Crippen LogP contribution in [0.1, 0.15) is 44.6 Å². The smallest absolute Gasteiger partial charge is 0.269 e. The highest BCUT2D eigenvalue weighted by molar-refractivity contribution is 6.05. The van der Waals surface area contributed by atoms with E-state index in [1.165, 1.54) is 12.8 Å². The van der Waals surface area contributed by atoms with Crippen LogP contribution in [0.4, 0.5) is 0 Å². The highest BCUT2D eigenvalue weighted by Gasteiger charge is 2.44. The zero-order valence-electron chi connectivity index (χ0n) is 13.9. The van der Waals surface area contributed by atoms with Gasteiger partial charge in [0.25, 0.3) is 5.91 Å². The summed E-state index contributed by atoms with van der Waals surface area (Å²) < 4.78 is 5.17. The molecule has 1 fully saturated rings. The van der Waals surface area contributed by atoms with Gasteiger partial charge in [-0.25, -0.2) is 0 Å². The Bertz CT molecular complexity index is 589. The standard InChI is InChI=1S/C18H24N2O3/c1-18(17(21)20-11-5-3-4-6-12-20)13-16(19-23-18)14-7-9-15(22-2)10-8-14/h7-10H,3-6,11-13H2,1-2H3/t18-/m0/s1. The maximum atomic E-state index is 12.9. The lowest BCUT2D eigenvalue weighted by Gasteiger charge is -2.29. The fraction of sp³-hybridized carbons (Fsp3) is 0.556. The molecule has 3 rings (SSSR count). The van der Waals surface area contributed by atoms with Crippen molar-refractivity contribution in [1.82, 2.24) is 4.90 Å². The van der Waals surface area contributed by atoms with Gasteiger partial charge in [-0.3, -0.25) is 4.79 Å². The molecule has 5 heteroatoms.